The van der Waals surface area contributed by atoms with Gasteiger partial charge in [-0.05, 0) is 55.0 Å². The summed E-state index contributed by atoms with van der Waals surface area (Å²) in [7, 11) is -3.77. The van der Waals surface area contributed by atoms with Crippen LogP contribution in [0.5, 0.6) is 5.75 Å². The van der Waals surface area contributed by atoms with Crippen molar-refractivity contribution in [3.05, 3.63) is 88.9 Å². The third-order valence-corrected chi connectivity index (χ3v) is 5.89. The number of hydrogen-bond acceptors (Lipinski definition) is 4. The molecule has 0 fully saturated rings. The molecule has 0 aliphatic heterocycles. The summed E-state index contributed by atoms with van der Waals surface area (Å²) in [4.78, 5) is 12.6. The molecule has 3 aromatic rings. The van der Waals surface area contributed by atoms with E-state index in [2.05, 4.69) is 10.0 Å². The fourth-order valence-electron chi connectivity index (χ4n) is 2.74. The zero-order valence-corrected chi connectivity index (χ0v) is 17.8. The quantitative estimate of drug-likeness (QED) is 0.536. The molecular weight excluding hydrogens is 424 g/mol. The Labute approximate surface area is 180 Å². The first-order valence-electron chi connectivity index (χ1n) is 9.26. The molecule has 0 spiro atoms. The van der Waals surface area contributed by atoms with E-state index >= 15 is 0 Å². The Morgan fingerprint density at radius 2 is 1.77 bits per heavy atom. The molecule has 0 radical (unpaired) electrons. The van der Waals surface area contributed by atoms with E-state index in [1.54, 1.807) is 18.2 Å². The molecule has 3 rings (SSSR count). The number of rotatable bonds is 8. The number of halogens is 1. The lowest BCUT2D eigenvalue weighted by molar-refractivity contribution is 0.0951. The predicted molar refractivity (Wildman–Crippen MR) is 117 cm³/mol. The van der Waals surface area contributed by atoms with Gasteiger partial charge in [-0.1, -0.05) is 41.9 Å². The van der Waals surface area contributed by atoms with Crippen molar-refractivity contribution in [2.45, 2.75) is 18.4 Å². The fourth-order valence-corrected chi connectivity index (χ4v) is 4.12. The van der Waals surface area contributed by atoms with Crippen LogP contribution >= 0.6 is 11.6 Å². The molecule has 0 bridgehead atoms. The van der Waals surface area contributed by atoms with Crippen molar-refractivity contribution >= 4 is 33.2 Å². The maximum Gasteiger partial charge on any atom is 0.261 e. The monoisotopic (exact) mass is 444 g/mol. The summed E-state index contributed by atoms with van der Waals surface area (Å²) in [6, 6.07) is 19.8. The number of ether oxygens (including phenoxy) is 1. The van der Waals surface area contributed by atoms with E-state index in [4.69, 9.17) is 16.3 Å². The first kappa shape index (κ1) is 21.7. The molecule has 0 unspecified atom stereocenters. The Morgan fingerprint density at radius 1 is 1.00 bits per heavy atom. The Bertz CT molecular complexity index is 1130. The molecule has 8 heteroatoms. The normalized spacial score (nSPS) is 11.0. The lowest BCUT2D eigenvalue weighted by Crippen LogP contribution is -2.23. The van der Waals surface area contributed by atoms with Crippen molar-refractivity contribution in [2.24, 2.45) is 0 Å². The van der Waals surface area contributed by atoms with Gasteiger partial charge in [0.05, 0.1) is 22.2 Å². The molecule has 1 amide bonds. The van der Waals surface area contributed by atoms with E-state index in [1.165, 1.54) is 30.3 Å². The van der Waals surface area contributed by atoms with Gasteiger partial charge in [-0.15, -0.1) is 0 Å². The summed E-state index contributed by atoms with van der Waals surface area (Å²) < 4.78 is 32.8. The fraction of sp³-hybridized carbons (Fsp3) is 0.136. The highest BCUT2D eigenvalue weighted by molar-refractivity contribution is 7.92. The van der Waals surface area contributed by atoms with Gasteiger partial charge in [-0.25, -0.2) is 8.42 Å². The zero-order valence-electron chi connectivity index (χ0n) is 16.3. The Balaban J connectivity index is 1.67. The van der Waals surface area contributed by atoms with E-state index in [9.17, 15) is 13.2 Å². The minimum absolute atomic E-state index is 0.122. The van der Waals surface area contributed by atoms with Crippen molar-refractivity contribution < 1.29 is 17.9 Å². The van der Waals surface area contributed by atoms with Crippen LogP contribution in [0.2, 0.25) is 5.02 Å². The van der Waals surface area contributed by atoms with Crippen molar-refractivity contribution in [3.63, 3.8) is 0 Å². The molecule has 0 aliphatic rings. The van der Waals surface area contributed by atoms with Crippen LogP contribution in [0.15, 0.2) is 77.7 Å². The first-order chi connectivity index (χ1) is 14.4. The van der Waals surface area contributed by atoms with Crippen LogP contribution in [0, 0.1) is 0 Å². The lowest BCUT2D eigenvalue weighted by atomic mass is 10.1. The molecule has 0 aliphatic carbocycles. The number of anilines is 1. The molecule has 2 N–H and O–H groups in total. The van der Waals surface area contributed by atoms with Gasteiger partial charge < -0.3 is 10.1 Å². The van der Waals surface area contributed by atoms with Crippen LogP contribution in [0.4, 0.5) is 5.69 Å². The van der Waals surface area contributed by atoms with E-state index in [1.807, 2.05) is 31.2 Å². The molecule has 0 saturated carbocycles. The SMILES string of the molecule is CCOc1cccc(CNC(=O)c2ccc(NS(=O)(=O)c3ccccc3)c(Cl)c2)c1. The number of benzene rings is 3. The molecule has 0 saturated heterocycles. The number of carbonyl (C=O) groups excluding carboxylic acids is 1. The topological polar surface area (TPSA) is 84.5 Å². The molecule has 156 valence electrons. The molecular formula is C22H21ClN2O4S. The maximum absolute atomic E-state index is 12.5. The lowest BCUT2D eigenvalue weighted by Gasteiger charge is -2.11. The smallest absolute Gasteiger partial charge is 0.261 e. The van der Waals surface area contributed by atoms with Crippen LogP contribution in [-0.4, -0.2) is 20.9 Å². The van der Waals surface area contributed by atoms with Crippen molar-refractivity contribution in [1.29, 1.82) is 0 Å². The van der Waals surface area contributed by atoms with Gasteiger partial charge in [0.1, 0.15) is 5.75 Å². The second-order valence-corrected chi connectivity index (χ2v) is 8.47. The Morgan fingerprint density at radius 3 is 2.47 bits per heavy atom. The number of carbonyl (C=O) groups is 1. The van der Waals surface area contributed by atoms with Gasteiger partial charge in [0.25, 0.3) is 15.9 Å². The Hall–Kier alpha value is -3.03. The van der Waals surface area contributed by atoms with Crippen molar-refractivity contribution in [1.82, 2.24) is 5.32 Å². The second-order valence-electron chi connectivity index (χ2n) is 6.38. The summed E-state index contributed by atoms with van der Waals surface area (Å²) in [5.41, 5.74) is 1.41. The summed E-state index contributed by atoms with van der Waals surface area (Å²) in [5, 5.41) is 2.94. The van der Waals surface area contributed by atoms with E-state index in [0.29, 0.717) is 18.7 Å². The average Bonchev–Trinajstić information content (AvgIpc) is 2.74. The first-order valence-corrected chi connectivity index (χ1v) is 11.1. The number of nitrogens with one attached hydrogen (secondary N) is 2. The minimum Gasteiger partial charge on any atom is -0.494 e. The molecule has 3 aromatic carbocycles. The van der Waals surface area contributed by atoms with Crippen LogP contribution in [0.1, 0.15) is 22.8 Å². The van der Waals surface area contributed by atoms with Gasteiger partial charge in [-0.3, -0.25) is 9.52 Å². The van der Waals surface area contributed by atoms with Crippen molar-refractivity contribution in [2.75, 3.05) is 11.3 Å². The summed E-state index contributed by atoms with van der Waals surface area (Å²) in [5.74, 6) is 0.415. The maximum atomic E-state index is 12.5. The third-order valence-electron chi connectivity index (χ3n) is 4.19. The minimum atomic E-state index is -3.77. The third kappa shape index (κ3) is 5.52. The average molecular weight is 445 g/mol. The van der Waals surface area contributed by atoms with E-state index < -0.39 is 10.0 Å². The van der Waals surface area contributed by atoms with Crippen LogP contribution in [0.25, 0.3) is 0 Å². The largest absolute Gasteiger partial charge is 0.494 e. The second kappa shape index (κ2) is 9.65. The number of amides is 1. The highest BCUT2D eigenvalue weighted by Crippen LogP contribution is 2.26. The molecule has 30 heavy (non-hydrogen) atoms. The summed E-state index contributed by atoms with van der Waals surface area (Å²) >= 11 is 6.22. The highest BCUT2D eigenvalue weighted by atomic mass is 35.5. The standard InChI is InChI=1S/C22H21ClN2O4S/c1-2-29-18-8-6-7-16(13-18)15-24-22(26)17-11-12-21(20(23)14-17)25-30(27,28)19-9-4-3-5-10-19/h3-14,25H,2,15H2,1H3,(H,24,26). The van der Waals surface area contributed by atoms with Gasteiger partial charge in [-0.2, -0.15) is 0 Å². The van der Waals surface area contributed by atoms with Crippen LogP contribution in [0.3, 0.4) is 0 Å². The van der Waals surface area contributed by atoms with Crippen LogP contribution in [-0.2, 0) is 16.6 Å². The molecule has 0 aromatic heterocycles. The van der Waals surface area contributed by atoms with E-state index in [-0.39, 0.29) is 21.5 Å². The summed E-state index contributed by atoms with van der Waals surface area (Å²) in [6.07, 6.45) is 0. The Kier molecular flexibility index (Phi) is 6.97. The van der Waals surface area contributed by atoms with E-state index in [0.717, 1.165) is 11.3 Å². The molecule has 6 nitrogen and oxygen atoms in total. The van der Waals surface area contributed by atoms with Crippen molar-refractivity contribution in [3.8, 4) is 5.75 Å². The van der Waals surface area contributed by atoms with Gasteiger partial charge in [0, 0.05) is 12.1 Å². The van der Waals surface area contributed by atoms with Gasteiger partial charge >= 0.3 is 0 Å². The number of hydrogen-bond donors (Lipinski definition) is 2. The summed E-state index contributed by atoms with van der Waals surface area (Å²) in [6.45, 7) is 2.79. The van der Waals surface area contributed by atoms with Gasteiger partial charge in [0.2, 0.25) is 0 Å². The number of sulfonamides is 1. The zero-order chi connectivity index (χ0) is 21.6. The molecule has 0 heterocycles. The predicted octanol–water partition coefficient (Wildman–Crippen LogP) is 4.47. The van der Waals surface area contributed by atoms with Crippen LogP contribution < -0.4 is 14.8 Å². The molecule has 0 atom stereocenters. The highest BCUT2D eigenvalue weighted by Gasteiger charge is 2.16. The van der Waals surface area contributed by atoms with Gasteiger partial charge in [0.15, 0.2) is 0 Å².